The van der Waals surface area contributed by atoms with E-state index in [9.17, 15) is 9.59 Å². The van der Waals surface area contributed by atoms with Gasteiger partial charge in [0, 0.05) is 48.9 Å². The first kappa shape index (κ1) is 18.8. The summed E-state index contributed by atoms with van der Waals surface area (Å²) in [4.78, 5) is 33.3. The van der Waals surface area contributed by atoms with Gasteiger partial charge in [-0.3, -0.25) is 9.59 Å². The van der Waals surface area contributed by atoms with Gasteiger partial charge in [0.15, 0.2) is 5.13 Å². The Hall–Kier alpha value is -2.93. The van der Waals surface area contributed by atoms with E-state index in [2.05, 4.69) is 16.3 Å². The Morgan fingerprint density at radius 2 is 1.87 bits per heavy atom. The van der Waals surface area contributed by atoms with Crippen molar-refractivity contribution in [3.8, 4) is 11.3 Å². The minimum atomic E-state index is -0.0146. The summed E-state index contributed by atoms with van der Waals surface area (Å²) in [6.45, 7) is 2.45. The van der Waals surface area contributed by atoms with E-state index in [4.69, 9.17) is 4.98 Å². The Morgan fingerprint density at radius 1 is 1.03 bits per heavy atom. The van der Waals surface area contributed by atoms with Gasteiger partial charge in [0.1, 0.15) is 4.88 Å². The number of amides is 1. The van der Waals surface area contributed by atoms with Gasteiger partial charge in [-0.25, -0.2) is 4.98 Å². The molecule has 2 fully saturated rings. The molecule has 7 heteroatoms. The highest BCUT2D eigenvalue weighted by Crippen LogP contribution is 2.40. The molecule has 2 aromatic heterocycles. The highest BCUT2D eigenvalue weighted by molar-refractivity contribution is 7.18. The van der Waals surface area contributed by atoms with Crippen LogP contribution in [-0.4, -0.2) is 34.6 Å². The number of rotatable bonds is 4. The number of nitrogens with one attached hydrogen (secondary N) is 1. The molecule has 4 heterocycles. The smallest absolute Gasteiger partial charge is 0.263 e. The van der Waals surface area contributed by atoms with E-state index < -0.39 is 0 Å². The molecule has 158 valence electrons. The summed E-state index contributed by atoms with van der Waals surface area (Å²) < 4.78 is 1.95. The van der Waals surface area contributed by atoms with Crippen molar-refractivity contribution in [3.63, 3.8) is 0 Å². The van der Waals surface area contributed by atoms with Crippen LogP contribution < -0.4 is 15.8 Å². The lowest BCUT2D eigenvalue weighted by molar-refractivity contribution is 0.0955. The van der Waals surface area contributed by atoms with E-state index in [0.29, 0.717) is 22.8 Å². The number of carbonyl (C=O) groups excluding carboxylic acids is 1. The lowest BCUT2D eigenvalue weighted by Crippen LogP contribution is -2.47. The number of anilines is 1. The summed E-state index contributed by atoms with van der Waals surface area (Å²) in [5.74, 6) is 0.715. The molecule has 1 amide bonds. The van der Waals surface area contributed by atoms with Gasteiger partial charge in [-0.1, -0.05) is 47.7 Å². The van der Waals surface area contributed by atoms with Crippen LogP contribution in [0.4, 0.5) is 5.13 Å². The van der Waals surface area contributed by atoms with E-state index in [1.807, 2.05) is 41.0 Å². The van der Waals surface area contributed by atoms with Crippen molar-refractivity contribution in [3.05, 3.63) is 69.5 Å². The normalized spacial score (nSPS) is 22.1. The summed E-state index contributed by atoms with van der Waals surface area (Å²) in [6.07, 6.45) is 3.23. The van der Waals surface area contributed by atoms with Crippen LogP contribution in [0.3, 0.4) is 0 Å². The first-order valence-corrected chi connectivity index (χ1v) is 11.8. The van der Waals surface area contributed by atoms with Crippen molar-refractivity contribution in [1.82, 2.24) is 14.9 Å². The number of benzene rings is 1. The van der Waals surface area contributed by atoms with Gasteiger partial charge < -0.3 is 14.8 Å². The Bertz CT molecular complexity index is 1200. The summed E-state index contributed by atoms with van der Waals surface area (Å²) in [5, 5.41) is 4.03. The van der Waals surface area contributed by atoms with Crippen LogP contribution in [0.5, 0.6) is 0 Å². The maximum Gasteiger partial charge on any atom is 0.263 e. The predicted molar refractivity (Wildman–Crippen MR) is 122 cm³/mol. The molecule has 6 nitrogen and oxygen atoms in total. The third kappa shape index (κ3) is 3.47. The molecule has 0 spiro atoms. The zero-order valence-corrected chi connectivity index (χ0v) is 18.0. The van der Waals surface area contributed by atoms with Crippen LogP contribution in [0.15, 0.2) is 53.3 Å². The Kier molecular flexibility index (Phi) is 4.45. The minimum absolute atomic E-state index is 0.0146. The number of nitrogens with zero attached hydrogens (tertiary/aromatic N) is 3. The number of carbonyl (C=O) groups is 1. The van der Waals surface area contributed by atoms with Crippen molar-refractivity contribution < 1.29 is 4.79 Å². The maximum absolute atomic E-state index is 13.0. The second-order valence-electron chi connectivity index (χ2n) is 8.89. The SMILES string of the molecule is O=C(NC1CC1)c1sc(N2C[C@H]3C[C@@H](C2)c2cccc(=O)n2C3)nc1-c1ccccc1. The average molecular weight is 433 g/mol. The number of piperidine rings is 1. The fraction of sp³-hybridized carbons (Fsp3) is 0.375. The molecule has 1 aromatic carbocycles. The quantitative estimate of drug-likeness (QED) is 0.685. The van der Waals surface area contributed by atoms with E-state index in [-0.39, 0.29) is 11.5 Å². The highest BCUT2D eigenvalue weighted by atomic mass is 32.1. The number of pyridine rings is 1. The number of hydrogen-bond acceptors (Lipinski definition) is 5. The first-order chi connectivity index (χ1) is 15.2. The summed E-state index contributed by atoms with van der Waals surface area (Å²) in [7, 11) is 0. The minimum Gasteiger partial charge on any atom is -0.349 e. The second kappa shape index (κ2) is 7.34. The number of thiazole rings is 1. The molecule has 31 heavy (non-hydrogen) atoms. The molecule has 2 aliphatic heterocycles. The average Bonchev–Trinajstić information content (AvgIpc) is 3.48. The molecular weight excluding hydrogens is 408 g/mol. The van der Waals surface area contributed by atoms with Crippen LogP contribution >= 0.6 is 11.3 Å². The third-order valence-electron chi connectivity index (χ3n) is 6.53. The Balaban J connectivity index is 1.35. The lowest BCUT2D eigenvalue weighted by Gasteiger charge is -2.42. The predicted octanol–water partition coefficient (Wildman–Crippen LogP) is 3.49. The van der Waals surface area contributed by atoms with E-state index in [1.54, 1.807) is 6.07 Å². The van der Waals surface area contributed by atoms with Gasteiger partial charge in [-0.05, 0) is 31.2 Å². The summed E-state index contributed by atoms with van der Waals surface area (Å²) in [5.41, 5.74) is 2.96. The number of hydrogen-bond donors (Lipinski definition) is 1. The van der Waals surface area contributed by atoms with E-state index in [1.165, 1.54) is 11.3 Å². The number of aromatic nitrogens is 2. The molecular formula is C24H24N4O2S. The van der Waals surface area contributed by atoms with Crippen molar-refractivity contribution >= 4 is 22.4 Å². The molecule has 3 aromatic rings. The van der Waals surface area contributed by atoms with Crippen LogP contribution in [0.1, 0.15) is 40.5 Å². The summed E-state index contributed by atoms with van der Waals surface area (Å²) in [6, 6.07) is 15.9. The third-order valence-corrected chi connectivity index (χ3v) is 7.65. The maximum atomic E-state index is 13.0. The van der Waals surface area contributed by atoms with Crippen LogP contribution in [0.2, 0.25) is 0 Å². The first-order valence-electron chi connectivity index (χ1n) is 11.0. The van der Waals surface area contributed by atoms with Gasteiger partial charge in [-0.2, -0.15) is 0 Å². The topological polar surface area (TPSA) is 67.2 Å². The van der Waals surface area contributed by atoms with Gasteiger partial charge in [0.25, 0.3) is 11.5 Å². The van der Waals surface area contributed by atoms with E-state index >= 15 is 0 Å². The van der Waals surface area contributed by atoms with Gasteiger partial charge in [0.2, 0.25) is 0 Å². The second-order valence-corrected chi connectivity index (χ2v) is 9.87. The monoisotopic (exact) mass is 432 g/mol. The van der Waals surface area contributed by atoms with Crippen molar-refractivity contribution in [2.24, 2.45) is 5.92 Å². The molecule has 1 saturated heterocycles. The number of fused-ring (bicyclic) bond motifs is 4. The Labute approximate surface area is 184 Å². The molecule has 2 atom stereocenters. The van der Waals surface area contributed by atoms with Crippen molar-refractivity contribution in [2.75, 3.05) is 18.0 Å². The summed E-state index contributed by atoms with van der Waals surface area (Å²) >= 11 is 1.50. The largest absolute Gasteiger partial charge is 0.349 e. The molecule has 6 rings (SSSR count). The molecule has 1 saturated carbocycles. The fourth-order valence-electron chi connectivity index (χ4n) is 4.92. The molecule has 0 unspecified atom stereocenters. The molecule has 0 radical (unpaired) electrons. The lowest BCUT2D eigenvalue weighted by atomic mass is 9.83. The molecule has 2 bridgehead atoms. The van der Waals surface area contributed by atoms with Crippen LogP contribution in [0.25, 0.3) is 11.3 Å². The highest BCUT2D eigenvalue weighted by Gasteiger charge is 2.36. The fourth-order valence-corrected chi connectivity index (χ4v) is 5.93. The van der Waals surface area contributed by atoms with Gasteiger partial charge in [0.05, 0.1) is 5.69 Å². The van der Waals surface area contributed by atoms with E-state index in [0.717, 1.165) is 61.0 Å². The zero-order valence-electron chi connectivity index (χ0n) is 17.2. The van der Waals surface area contributed by atoms with Crippen molar-refractivity contribution in [2.45, 2.75) is 37.8 Å². The van der Waals surface area contributed by atoms with Crippen molar-refractivity contribution in [1.29, 1.82) is 0 Å². The van der Waals surface area contributed by atoms with Gasteiger partial charge >= 0.3 is 0 Å². The van der Waals surface area contributed by atoms with Gasteiger partial charge in [-0.15, -0.1) is 0 Å². The van der Waals surface area contributed by atoms with Crippen LogP contribution in [-0.2, 0) is 6.54 Å². The van der Waals surface area contributed by atoms with Crippen LogP contribution in [0, 0.1) is 5.92 Å². The Morgan fingerprint density at radius 3 is 2.68 bits per heavy atom. The zero-order chi connectivity index (χ0) is 20.9. The standard InChI is InChI=1S/C24H24N4O2S/c29-20-8-4-7-19-17-11-15(13-28(19)20)12-27(14-17)24-26-21(16-5-2-1-3-6-16)22(31-24)23(30)25-18-9-10-18/h1-8,15,17-18H,9-14H2,(H,25,30)/t15-,17+/m1/s1. The molecule has 1 N–H and O–H groups in total. The molecule has 1 aliphatic carbocycles. The molecule has 3 aliphatic rings.